The number of aromatic hydroxyl groups is 1. The molecular weight excluding hydrogens is 268 g/mol. The third-order valence-corrected chi connectivity index (χ3v) is 2.84. The zero-order valence-corrected chi connectivity index (χ0v) is 10.4. The number of carboxylic acid groups (broad SMARTS) is 1. The topological polar surface area (TPSA) is 74.6 Å². The van der Waals surface area contributed by atoms with Gasteiger partial charge in [-0.15, -0.1) is 0 Å². The number of carboxylic acids is 1. The average molecular weight is 277 g/mol. The molecule has 0 bridgehead atoms. The summed E-state index contributed by atoms with van der Waals surface area (Å²) in [5.74, 6) is -2.04. The molecule has 0 aliphatic rings. The fourth-order valence-electron chi connectivity index (χ4n) is 1.71. The molecule has 0 unspecified atom stereocenters. The quantitative estimate of drug-likeness (QED) is 0.845. The summed E-state index contributed by atoms with van der Waals surface area (Å²) in [6.45, 7) is 0. The monoisotopic (exact) mass is 276 g/mol. The highest BCUT2D eigenvalue weighted by atomic mass is 35.5. The van der Waals surface area contributed by atoms with Crippen LogP contribution in [0, 0.1) is 0 Å². The largest absolute Gasteiger partial charge is 0.507 e. The van der Waals surface area contributed by atoms with E-state index in [-0.39, 0.29) is 22.4 Å². The maximum atomic E-state index is 12.2. The Morgan fingerprint density at radius 2 is 1.58 bits per heavy atom. The Hall–Kier alpha value is -2.33. The normalized spacial score (nSPS) is 10.2. The number of benzene rings is 2. The Bertz CT molecular complexity index is 664. The maximum Gasteiger partial charge on any atom is 0.336 e. The number of halogens is 1. The molecule has 0 heterocycles. The summed E-state index contributed by atoms with van der Waals surface area (Å²) in [6.07, 6.45) is 0. The zero-order chi connectivity index (χ0) is 14.0. The van der Waals surface area contributed by atoms with Gasteiger partial charge in [-0.1, -0.05) is 29.8 Å². The Labute approximate surface area is 113 Å². The van der Waals surface area contributed by atoms with E-state index in [0.717, 1.165) is 0 Å². The smallest absolute Gasteiger partial charge is 0.336 e. The van der Waals surface area contributed by atoms with Gasteiger partial charge in [-0.2, -0.15) is 0 Å². The molecule has 19 heavy (non-hydrogen) atoms. The number of carbonyl (C=O) groups is 2. The lowest BCUT2D eigenvalue weighted by Crippen LogP contribution is -2.09. The van der Waals surface area contributed by atoms with Crippen LogP contribution in [0.1, 0.15) is 26.3 Å². The van der Waals surface area contributed by atoms with Crippen molar-refractivity contribution in [2.75, 3.05) is 0 Å². The van der Waals surface area contributed by atoms with E-state index < -0.39 is 11.8 Å². The predicted molar refractivity (Wildman–Crippen MR) is 70.0 cm³/mol. The lowest BCUT2D eigenvalue weighted by molar-refractivity contribution is 0.0692. The third kappa shape index (κ3) is 2.58. The zero-order valence-electron chi connectivity index (χ0n) is 9.63. The molecule has 4 nitrogen and oxygen atoms in total. The van der Waals surface area contributed by atoms with Crippen molar-refractivity contribution in [3.8, 4) is 5.75 Å². The Kier molecular flexibility index (Phi) is 3.53. The first-order valence-corrected chi connectivity index (χ1v) is 5.74. The minimum Gasteiger partial charge on any atom is -0.507 e. The second-order valence-electron chi connectivity index (χ2n) is 3.84. The van der Waals surface area contributed by atoms with Gasteiger partial charge in [0, 0.05) is 10.6 Å². The number of carbonyl (C=O) groups excluding carboxylic acids is 1. The minimum atomic E-state index is -1.20. The molecule has 0 fully saturated rings. The van der Waals surface area contributed by atoms with Crippen LogP contribution < -0.4 is 0 Å². The maximum absolute atomic E-state index is 12.2. The molecule has 0 aliphatic heterocycles. The molecule has 0 spiro atoms. The summed E-state index contributed by atoms with van der Waals surface area (Å²) in [6, 6.07) is 9.88. The van der Waals surface area contributed by atoms with Gasteiger partial charge in [0.05, 0.1) is 11.1 Å². The van der Waals surface area contributed by atoms with E-state index in [9.17, 15) is 14.7 Å². The third-order valence-electron chi connectivity index (χ3n) is 2.61. The Morgan fingerprint density at radius 1 is 0.947 bits per heavy atom. The van der Waals surface area contributed by atoms with Gasteiger partial charge in [-0.05, 0) is 24.3 Å². The van der Waals surface area contributed by atoms with Crippen molar-refractivity contribution in [3.05, 3.63) is 64.2 Å². The summed E-state index contributed by atoms with van der Waals surface area (Å²) >= 11 is 5.68. The van der Waals surface area contributed by atoms with E-state index in [1.807, 2.05) is 0 Å². The van der Waals surface area contributed by atoms with E-state index in [1.165, 1.54) is 36.4 Å². The first kappa shape index (κ1) is 13.1. The Balaban J connectivity index is 2.53. The van der Waals surface area contributed by atoms with Crippen LogP contribution in [-0.2, 0) is 0 Å². The van der Waals surface area contributed by atoms with Crippen LogP contribution in [0.3, 0.4) is 0 Å². The van der Waals surface area contributed by atoms with Crippen LogP contribution in [0.5, 0.6) is 5.75 Å². The number of ketones is 1. The summed E-state index contributed by atoms with van der Waals surface area (Å²) < 4.78 is 0. The van der Waals surface area contributed by atoms with E-state index in [0.29, 0.717) is 5.02 Å². The predicted octanol–water partition coefficient (Wildman–Crippen LogP) is 2.97. The van der Waals surface area contributed by atoms with E-state index >= 15 is 0 Å². The van der Waals surface area contributed by atoms with Crippen LogP contribution in [0.25, 0.3) is 0 Å². The van der Waals surface area contributed by atoms with Crippen molar-refractivity contribution in [2.45, 2.75) is 0 Å². The molecule has 0 saturated heterocycles. The second-order valence-corrected chi connectivity index (χ2v) is 4.28. The van der Waals surface area contributed by atoms with Gasteiger partial charge in [-0.3, -0.25) is 4.79 Å². The highest BCUT2D eigenvalue weighted by Gasteiger charge is 2.19. The molecule has 0 atom stereocenters. The number of hydrogen-bond donors (Lipinski definition) is 2. The molecule has 96 valence electrons. The van der Waals surface area contributed by atoms with Gasteiger partial charge >= 0.3 is 5.97 Å². The Morgan fingerprint density at radius 3 is 2.16 bits per heavy atom. The molecule has 2 aromatic rings. The molecule has 0 saturated carbocycles. The first-order valence-electron chi connectivity index (χ1n) is 5.36. The van der Waals surface area contributed by atoms with E-state index in [2.05, 4.69) is 0 Å². The molecule has 0 radical (unpaired) electrons. The van der Waals surface area contributed by atoms with Crippen molar-refractivity contribution in [3.63, 3.8) is 0 Å². The number of hydrogen-bond acceptors (Lipinski definition) is 3. The standard InChI is InChI=1S/C14H9ClO4/c15-8-5-6-11(12(16)7-8)13(17)9-3-1-2-4-10(9)14(18)19/h1-7,16H,(H,18,19). The fourth-order valence-corrected chi connectivity index (χ4v) is 1.88. The number of phenols is 1. The van der Waals surface area contributed by atoms with Crippen LogP contribution in [0.4, 0.5) is 0 Å². The van der Waals surface area contributed by atoms with Crippen molar-refractivity contribution in [1.82, 2.24) is 0 Å². The number of aromatic carboxylic acids is 1. The van der Waals surface area contributed by atoms with Crippen LogP contribution >= 0.6 is 11.6 Å². The number of phenolic OH excluding ortho intramolecular Hbond substituents is 1. The van der Waals surface area contributed by atoms with Crippen molar-refractivity contribution >= 4 is 23.4 Å². The number of rotatable bonds is 3. The van der Waals surface area contributed by atoms with Crippen molar-refractivity contribution in [2.24, 2.45) is 0 Å². The van der Waals surface area contributed by atoms with Crippen LogP contribution in [0.15, 0.2) is 42.5 Å². The van der Waals surface area contributed by atoms with Gasteiger partial charge in [0.15, 0.2) is 5.78 Å². The molecule has 0 aromatic heterocycles. The molecule has 2 N–H and O–H groups in total. The second kappa shape index (κ2) is 5.12. The summed E-state index contributed by atoms with van der Waals surface area (Å²) in [7, 11) is 0. The average Bonchev–Trinajstić information content (AvgIpc) is 2.38. The first-order chi connectivity index (χ1) is 9.00. The van der Waals surface area contributed by atoms with Crippen LogP contribution in [-0.4, -0.2) is 22.0 Å². The lowest BCUT2D eigenvalue weighted by atomic mass is 9.98. The summed E-state index contributed by atoms with van der Waals surface area (Å²) in [4.78, 5) is 23.3. The minimum absolute atomic E-state index is 0.0121. The van der Waals surface area contributed by atoms with E-state index in [1.54, 1.807) is 6.07 Å². The molecule has 0 amide bonds. The summed E-state index contributed by atoms with van der Waals surface area (Å²) in [5, 5.41) is 19.0. The lowest BCUT2D eigenvalue weighted by Gasteiger charge is -2.07. The van der Waals surface area contributed by atoms with Crippen molar-refractivity contribution < 1.29 is 19.8 Å². The molecule has 0 aliphatic carbocycles. The van der Waals surface area contributed by atoms with Crippen LogP contribution in [0.2, 0.25) is 5.02 Å². The fraction of sp³-hybridized carbons (Fsp3) is 0. The van der Waals surface area contributed by atoms with Gasteiger partial charge in [-0.25, -0.2) is 4.79 Å². The van der Waals surface area contributed by atoms with Gasteiger partial charge in [0.1, 0.15) is 5.75 Å². The van der Waals surface area contributed by atoms with E-state index in [4.69, 9.17) is 16.7 Å². The SMILES string of the molecule is O=C(O)c1ccccc1C(=O)c1ccc(Cl)cc1O. The molecular formula is C14H9ClO4. The van der Waals surface area contributed by atoms with Gasteiger partial charge < -0.3 is 10.2 Å². The van der Waals surface area contributed by atoms with Gasteiger partial charge in [0.25, 0.3) is 0 Å². The highest BCUT2D eigenvalue weighted by Crippen LogP contribution is 2.25. The highest BCUT2D eigenvalue weighted by molar-refractivity contribution is 6.31. The molecule has 5 heteroatoms. The van der Waals surface area contributed by atoms with Crippen molar-refractivity contribution in [1.29, 1.82) is 0 Å². The molecule has 2 aromatic carbocycles. The summed E-state index contributed by atoms with van der Waals surface area (Å²) in [5.41, 5.74) is -0.0763. The molecule has 2 rings (SSSR count). The van der Waals surface area contributed by atoms with Gasteiger partial charge in [0.2, 0.25) is 0 Å².